The highest BCUT2D eigenvalue weighted by Gasteiger charge is 2.20. The number of hydrogen-bond donors (Lipinski definition) is 2. The molecule has 0 unspecified atom stereocenters. The van der Waals surface area contributed by atoms with Crippen molar-refractivity contribution in [1.29, 1.82) is 0 Å². The first-order valence-corrected chi connectivity index (χ1v) is 7.13. The molecule has 20 heavy (non-hydrogen) atoms. The average molecular weight is 277 g/mol. The third-order valence-electron chi connectivity index (χ3n) is 3.39. The molecule has 2 N–H and O–H groups in total. The molecule has 1 atom stereocenters. The predicted molar refractivity (Wildman–Crippen MR) is 79.9 cm³/mol. The molecule has 0 bridgehead atoms. The van der Waals surface area contributed by atoms with E-state index in [1.807, 2.05) is 18.2 Å². The minimum absolute atomic E-state index is 0.0143. The normalized spacial score (nSPS) is 18.6. The molecule has 1 saturated heterocycles. The Hall–Kier alpha value is -1.59. The monoisotopic (exact) mass is 277 g/mol. The van der Waals surface area contributed by atoms with Gasteiger partial charge in [-0.25, -0.2) is 0 Å². The van der Waals surface area contributed by atoms with Gasteiger partial charge in [-0.2, -0.15) is 0 Å². The molecule has 0 spiro atoms. The van der Waals surface area contributed by atoms with E-state index in [0.717, 1.165) is 19.5 Å². The average Bonchev–Trinajstić information content (AvgIpc) is 2.53. The molecule has 0 radical (unpaired) electrons. The molecule has 110 valence electrons. The molecule has 1 aliphatic heterocycles. The summed E-state index contributed by atoms with van der Waals surface area (Å²) in [4.78, 5) is 14.0. The first kappa shape index (κ1) is 14.8. The third kappa shape index (κ3) is 4.51. The van der Waals surface area contributed by atoms with E-state index in [9.17, 15) is 4.79 Å². The van der Waals surface area contributed by atoms with Crippen LogP contribution in [0.25, 0.3) is 0 Å². The fourth-order valence-corrected chi connectivity index (χ4v) is 2.19. The van der Waals surface area contributed by atoms with Gasteiger partial charge in [-0.15, -0.1) is 0 Å². The molecular weight excluding hydrogens is 254 g/mol. The third-order valence-corrected chi connectivity index (χ3v) is 3.39. The van der Waals surface area contributed by atoms with E-state index in [1.54, 1.807) is 0 Å². The molecule has 1 fully saturated rings. The van der Waals surface area contributed by atoms with Crippen LogP contribution in [0.4, 0.5) is 5.69 Å². The zero-order chi connectivity index (χ0) is 14.2. The van der Waals surface area contributed by atoms with Crippen LogP contribution in [0.15, 0.2) is 30.3 Å². The van der Waals surface area contributed by atoms with Crippen LogP contribution in [-0.4, -0.2) is 51.8 Å². The first-order valence-electron chi connectivity index (χ1n) is 7.13. The molecule has 2 rings (SSSR count). The Balaban J connectivity index is 1.62. The summed E-state index contributed by atoms with van der Waals surface area (Å²) in [5.74, 6) is -0.0143. The summed E-state index contributed by atoms with van der Waals surface area (Å²) < 4.78 is 5.40. The van der Waals surface area contributed by atoms with Gasteiger partial charge in [0.15, 0.2) is 0 Å². The Morgan fingerprint density at radius 3 is 2.95 bits per heavy atom. The molecule has 1 aromatic rings. The van der Waals surface area contributed by atoms with E-state index in [-0.39, 0.29) is 12.0 Å². The maximum absolute atomic E-state index is 11.8. The minimum atomic E-state index is -0.337. The van der Waals surface area contributed by atoms with Crippen molar-refractivity contribution >= 4 is 11.6 Å². The van der Waals surface area contributed by atoms with Gasteiger partial charge in [0.2, 0.25) is 5.91 Å². The number of nitrogens with one attached hydrogen (secondary N) is 2. The summed E-state index contributed by atoms with van der Waals surface area (Å²) in [5, 5.41) is 6.08. The molecule has 1 heterocycles. The van der Waals surface area contributed by atoms with Gasteiger partial charge in [0.05, 0.1) is 6.61 Å². The van der Waals surface area contributed by atoms with Gasteiger partial charge in [-0.05, 0) is 18.6 Å². The Labute approximate surface area is 120 Å². The number of nitrogens with zero attached hydrogens (tertiary/aromatic N) is 1. The van der Waals surface area contributed by atoms with Gasteiger partial charge < -0.3 is 20.3 Å². The van der Waals surface area contributed by atoms with E-state index in [4.69, 9.17) is 4.74 Å². The van der Waals surface area contributed by atoms with Crippen LogP contribution in [0.1, 0.15) is 6.42 Å². The number of carbonyl (C=O) groups is 1. The zero-order valence-corrected chi connectivity index (χ0v) is 12.0. The summed E-state index contributed by atoms with van der Waals surface area (Å²) >= 11 is 0. The smallest absolute Gasteiger partial charge is 0.250 e. The van der Waals surface area contributed by atoms with E-state index < -0.39 is 0 Å². The fraction of sp³-hybridized carbons (Fsp3) is 0.533. The summed E-state index contributed by atoms with van der Waals surface area (Å²) in [6.07, 6.45) is 0.577. The largest absolute Gasteiger partial charge is 0.375 e. The standard InChI is InChI=1S/C15H23N3O2/c1-18(13-6-3-2-4-7-13)10-5-8-17-15(19)14-12-16-9-11-20-14/h2-4,6-7,14,16H,5,8-12H2,1H3,(H,17,19)/t14-/m0/s1. The van der Waals surface area contributed by atoms with Gasteiger partial charge in [0, 0.05) is 38.9 Å². The number of rotatable bonds is 6. The Morgan fingerprint density at radius 2 is 2.25 bits per heavy atom. The lowest BCUT2D eigenvalue weighted by molar-refractivity contribution is -0.134. The highest BCUT2D eigenvalue weighted by Crippen LogP contribution is 2.10. The van der Waals surface area contributed by atoms with E-state index in [2.05, 4.69) is 34.7 Å². The molecule has 0 aromatic heterocycles. The van der Waals surface area contributed by atoms with Crippen molar-refractivity contribution < 1.29 is 9.53 Å². The van der Waals surface area contributed by atoms with Crippen molar-refractivity contribution in [3.63, 3.8) is 0 Å². The SMILES string of the molecule is CN(CCCNC(=O)[C@@H]1CNCCO1)c1ccccc1. The van der Waals surface area contributed by atoms with Crippen LogP contribution in [0, 0.1) is 0 Å². The van der Waals surface area contributed by atoms with Crippen LogP contribution in [-0.2, 0) is 9.53 Å². The molecule has 1 aliphatic rings. The number of benzene rings is 1. The number of carbonyl (C=O) groups excluding carboxylic acids is 1. The van der Waals surface area contributed by atoms with Crippen LogP contribution in [0.2, 0.25) is 0 Å². The van der Waals surface area contributed by atoms with Crippen molar-refractivity contribution in [2.75, 3.05) is 44.7 Å². The molecule has 5 nitrogen and oxygen atoms in total. The number of para-hydroxylation sites is 1. The van der Waals surface area contributed by atoms with Gasteiger partial charge in [-0.1, -0.05) is 18.2 Å². The second-order valence-corrected chi connectivity index (χ2v) is 4.97. The number of hydrogen-bond acceptors (Lipinski definition) is 4. The number of amides is 1. The topological polar surface area (TPSA) is 53.6 Å². The molecule has 0 aliphatic carbocycles. The summed E-state index contributed by atoms with van der Waals surface area (Å²) in [6.45, 7) is 3.63. The fourth-order valence-electron chi connectivity index (χ4n) is 2.19. The van der Waals surface area contributed by atoms with Gasteiger partial charge in [0.1, 0.15) is 6.10 Å². The minimum Gasteiger partial charge on any atom is -0.375 e. The van der Waals surface area contributed by atoms with Crippen molar-refractivity contribution in [3.8, 4) is 0 Å². The molecule has 1 aromatic carbocycles. The van der Waals surface area contributed by atoms with Crippen molar-refractivity contribution in [2.45, 2.75) is 12.5 Å². The summed E-state index contributed by atoms with van der Waals surface area (Å²) in [7, 11) is 2.06. The number of anilines is 1. The predicted octanol–water partition coefficient (Wildman–Crippen LogP) is 0.618. The van der Waals surface area contributed by atoms with E-state index >= 15 is 0 Å². The summed E-state index contributed by atoms with van der Waals surface area (Å²) in [6, 6.07) is 10.2. The number of morpholine rings is 1. The van der Waals surface area contributed by atoms with Crippen molar-refractivity contribution in [2.24, 2.45) is 0 Å². The van der Waals surface area contributed by atoms with E-state index in [0.29, 0.717) is 19.7 Å². The zero-order valence-electron chi connectivity index (χ0n) is 12.0. The molecular formula is C15H23N3O2. The second kappa shape index (κ2) is 7.87. The van der Waals surface area contributed by atoms with Gasteiger partial charge >= 0.3 is 0 Å². The lowest BCUT2D eigenvalue weighted by Gasteiger charge is -2.23. The quantitative estimate of drug-likeness (QED) is 0.748. The maximum Gasteiger partial charge on any atom is 0.250 e. The molecule has 5 heteroatoms. The highest BCUT2D eigenvalue weighted by atomic mass is 16.5. The maximum atomic E-state index is 11.8. The molecule has 1 amide bonds. The van der Waals surface area contributed by atoms with Gasteiger partial charge in [-0.3, -0.25) is 4.79 Å². The Kier molecular flexibility index (Phi) is 5.83. The van der Waals surface area contributed by atoms with Crippen molar-refractivity contribution in [1.82, 2.24) is 10.6 Å². The van der Waals surface area contributed by atoms with Crippen LogP contribution >= 0.6 is 0 Å². The van der Waals surface area contributed by atoms with Crippen LogP contribution < -0.4 is 15.5 Å². The lowest BCUT2D eigenvalue weighted by atomic mass is 10.2. The van der Waals surface area contributed by atoms with E-state index in [1.165, 1.54) is 5.69 Å². The number of ether oxygens (including phenoxy) is 1. The lowest BCUT2D eigenvalue weighted by Crippen LogP contribution is -2.48. The molecule has 0 saturated carbocycles. The first-order chi connectivity index (χ1) is 9.77. The Bertz CT molecular complexity index is 405. The van der Waals surface area contributed by atoms with Crippen LogP contribution in [0.5, 0.6) is 0 Å². The Morgan fingerprint density at radius 1 is 1.45 bits per heavy atom. The van der Waals surface area contributed by atoms with Crippen LogP contribution in [0.3, 0.4) is 0 Å². The second-order valence-electron chi connectivity index (χ2n) is 4.97. The van der Waals surface area contributed by atoms with Gasteiger partial charge in [0.25, 0.3) is 0 Å². The highest BCUT2D eigenvalue weighted by molar-refractivity contribution is 5.81. The summed E-state index contributed by atoms with van der Waals surface area (Å²) in [5.41, 5.74) is 1.19. The van der Waals surface area contributed by atoms with Crippen molar-refractivity contribution in [3.05, 3.63) is 30.3 Å².